The van der Waals surface area contributed by atoms with Gasteiger partial charge >= 0.3 is 5.69 Å². The molecule has 0 bridgehead atoms. The Hall–Kier alpha value is -2.56. The number of unbranched alkanes of at least 4 members (excludes halogenated alkanes) is 3. The van der Waals surface area contributed by atoms with E-state index >= 15 is 0 Å². The Morgan fingerprint density at radius 2 is 1.90 bits per heavy atom. The summed E-state index contributed by atoms with van der Waals surface area (Å²) in [6.45, 7) is 1.05. The highest BCUT2D eigenvalue weighted by Gasteiger charge is 2.29. The van der Waals surface area contributed by atoms with Gasteiger partial charge in [0.25, 0.3) is 5.56 Å². The summed E-state index contributed by atoms with van der Waals surface area (Å²) >= 11 is 0. The molecule has 2 aromatic heterocycles. The number of ketones is 1. The highest BCUT2D eigenvalue weighted by molar-refractivity contribution is 5.93. The average Bonchev–Trinajstić information content (AvgIpc) is 3.16. The third kappa shape index (κ3) is 4.39. The van der Waals surface area contributed by atoms with Gasteiger partial charge in [0.15, 0.2) is 17.4 Å². The van der Waals surface area contributed by atoms with Crippen molar-refractivity contribution in [2.24, 2.45) is 14.1 Å². The van der Waals surface area contributed by atoms with Crippen LogP contribution in [0.4, 0.5) is 0 Å². The molecule has 10 nitrogen and oxygen atoms in total. The van der Waals surface area contributed by atoms with Crippen molar-refractivity contribution in [2.75, 3.05) is 19.8 Å². The topological polar surface area (TPSA) is 118 Å². The molecule has 0 saturated heterocycles. The maximum Gasteiger partial charge on any atom is 0.332 e. The van der Waals surface area contributed by atoms with Crippen LogP contribution in [0.25, 0.3) is 11.2 Å². The van der Waals surface area contributed by atoms with E-state index in [-0.39, 0.29) is 30.2 Å². The molecule has 0 aromatic carbocycles. The van der Waals surface area contributed by atoms with Crippen LogP contribution in [-0.4, -0.2) is 55.5 Å². The van der Waals surface area contributed by atoms with E-state index in [2.05, 4.69) is 4.98 Å². The number of nitrogens with zero attached hydrogens (tertiary/aromatic N) is 4. The smallest absolute Gasteiger partial charge is 0.332 e. The van der Waals surface area contributed by atoms with Crippen LogP contribution < -0.4 is 11.2 Å². The summed E-state index contributed by atoms with van der Waals surface area (Å²) in [5.41, 5.74) is -0.706. The number of rotatable bonds is 9. The van der Waals surface area contributed by atoms with Gasteiger partial charge in [-0.1, -0.05) is 12.8 Å². The molecule has 29 heavy (non-hydrogen) atoms. The molecule has 2 atom stereocenters. The fraction of sp³-hybridized carbons (Fsp3) is 0.579. The van der Waals surface area contributed by atoms with Crippen molar-refractivity contribution < 1.29 is 19.4 Å². The lowest BCUT2D eigenvalue weighted by Crippen LogP contribution is -2.39. The number of aliphatic hydroxyl groups excluding tert-OH is 1. The summed E-state index contributed by atoms with van der Waals surface area (Å²) in [6.07, 6.45) is 6.52. The zero-order valence-corrected chi connectivity index (χ0v) is 16.6. The van der Waals surface area contributed by atoms with E-state index in [1.165, 1.54) is 35.6 Å². The fourth-order valence-corrected chi connectivity index (χ4v) is 3.27. The monoisotopic (exact) mass is 406 g/mol. The Kier molecular flexibility index (Phi) is 6.78. The minimum Gasteiger partial charge on any atom is -0.396 e. The molecule has 0 amide bonds. The first kappa shape index (κ1) is 21.2. The van der Waals surface area contributed by atoms with Gasteiger partial charge in [-0.2, -0.15) is 0 Å². The zero-order valence-electron chi connectivity index (χ0n) is 16.6. The van der Waals surface area contributed by atoms with E-state index in [0.29, 0.717) is 6.61 Å². The molecule has 0 radical (unpaired) electrons. The van der Waals surface area contributed by atoms with Crippen molar-refractivity contribution in [2.45, 2.75) is 38.0 Å². The van der Waals surface area contributed by atoms with Gasteiger partial charge in [0.2, 0.25) is 5.78 Å². The van der Waals surface area contributed by atoms with Gasteiger partial charge in [0.1, 0.15) is 12.4 Å². The van der Waals surface area contributed by atoms with Crippen molar-refractivity contribution in [3.05, 3.63) is 39.3 Å². The lowest BCUT2D eigenvalue weighted by atomic mass is 10.2. The molecule has 2 unspecified atom stereocenters. The second-order valence-electron chi connectivity index (χ2n) is 7.03. The number of hydrogen-bond acceptors (Lipinski definition) is 7. The predicted octanol–water partition coefficient (Wildman–Crippen LogP) is 0.0257. The summed E-state index contributed by atoms with van der Waals surface area (Å²) in [7, 11) is 2.89. The van der Waals surface area contributed by atoms with Crippen molar-refractivity contribution in [1.82, 2.24) is 18.7 Å². The minimum absolute atomic E-state index is 0.131. The summed E-state index contributed by atoms with van der Waals surface area (Å²) < 4.78 is 15.1. The van der Waals surface area contributed by atoms with Crippen molar-refractivity contribution >= 4 is 16.9 Å². The predicted molar refractivity (Wildman–Crippen MR) is 105 cm³/mol. The summed E-state index contributed by atoms with van der Waals surface area (Å²) in [5, 5.41) is 8.76. The summed E-state index contributed by atoms with van der Waals surface area (Å²) in [6, 6.07) is 0. The second-order valence-corrected chi connectivity index (χ2v) is 7.03. The van der Waals surface area contributed by atoms with E-state index in [9.17, 15) is 14.4 Å². The number of ether oxygens (including phenoxy) is 2. The van der Waals surface area contributed by atoms with Crippen LogP contribution in [0.15, 0.2) is 28.1 Å². The van der Waals surface area contributed by atoms with Crippen LogP contribution in [-0.2, 0) is 28.4 Å². The molecular formula is C19H26N4O6. The zero-order chi connectivity index (χ0) is 21.0. The molecule has 1 aliphatic rings. The standard InChI is InChI=1S/C19H26N4O6/c1-21-16-15(17(26)22(2)19(21)27)23(12-20-16)18-14(25)8-7-13(29-18)11-28-10-6-4-3-5-9-24/h7-8,12-13,18,24H,3-6,9-11H2,1-2H3. The SMILES string of the molecule is Cn1c(=O)c2c(ncn2C2OC(COCCCCCCO)C=CC2=O)n(C)c1=O. The number of hydrogen-bond donors (Lipinski definition) is 1. The number of aromatic nitrogens is 4. The van der Waals surface area contributed by atoms with Crippen LogP contribution in [0, 0.1) is 0 Å². The molecule has 1 N–H and O–H groups in total. The average molecular weight is 406 g/mol. The van der Waals surface area contributed by atoms with Crippen LogP contribution in [0.5, 0.6) is 0 Å². The van der Waals surface area contributed by atoms with Crippen molar-refractivity contribution in [1.29, 1.82) is 0 Å². The van der Waals surface area contributed by atoms with E-state index < -0.39 is 23.6 Å². The first-order valence-corrected chi connectivity index (χ1v) is 9.64. The van der Waals surface area contributed by atoms with Gasteiger partial charge in [-0.3, -0.25) is 23.3 Å². The van der Waals surface area contributed by atoms with Gasteiger partial charge in [0.05, 0.1) is 6.61 Å². The van der Waals surface area contributed by atoms with Gasteiger partial charge in [-0.05, 0) is 25.0 Å². The maximum atomic E-state index is 12.6. The van der Waals surface area contributed by atoms with Crippen LogP contribution >= 0.6 is 0 Å². The van der Waals surface area contributed by atoms with E-state index in [1.54, 1.807) is 6.08 Å². The van der Waals surface area contributed by atoms with Gasteiger partial charge in [-0.15, -0.1) is 0 Å². The Bertz CT molecular complexity index is 1020. The molecule has 3 heterocycles. The van der Waals surface area contributed by atoms with E-state index in [0.717, 1.165) is 30.3 Å². The summed E-state index contributed by atoms with van der Waals surface area (Å²) in [5.74, 6) is -0.319. The second kappa shape index (κ2) is 9.29. The minimum atomic E-state index is -1.05. The molecule has 0 spiro atoms. The molecule has 0 aliphatic carbocycles. The molecule has 10 heteroatoms. The number of imidazole rings is 1. The number of aryl methyl sites for hydroxylation is 1. The molecule has 0 fully saturated rings. The molecule has 1 aliphatic heterocycles. The summed E-state index contributed by atoms with van der Waals surface area (Å²) in [4.78, 5) is 41.2. The Morgan fingerprint density at radius 1 is 1.14 bits per heavy atom. The highest BCUT2D eigenvalue weighted by Crippen LogP contribution is 2.22. The third-order valence-corrected chi connectivity index (χ3v) is 4.93. The third-order valence-electron chi connectivity index (χ3n) is 4.93. The number of fused-ring (bicyclic) bond motifs is 1. The quantitative estimate of drug-likeness (QED) is 0.584. The Morgan fingerprint density at radius 3 is 2.66 bits per heavy atom. The lowest BCUT2D eigenvalue weighted by Gasteiger charge is -2.26. The van der Waals surface area contributed by atoms with Crippen molar-refractivity contribution in [3.63, 3.8) is 0 Å². The largest absolute Gasteiger partial charge is 0.396 e. The number of carbonyl (C=O) groups is 1. The lowest BCUT2D eigenvalue weighted by molar-refractivity contribution is -0.140. The molecule has 2 aromatic rings. The molecule has 158 valence electrons. The Balaban J connectivity index is 1.72. The number of aliphatic hydroxyl groups is 1. The van der Waals surface area contributed by atoms with E-state index in [4.69, 9.17) is 14.6 Å². The molecular weight excluding hydrogens is 380 g/mol. The Labute approximate surface area is 167 Å². The van der Waals surface area contributed by atoms with Crippen LogP contribution in [0.1, 0.15) is 31.9 Å². The van der Waals surface area contributed by atoms with Gasteiger partial charge in [-0.25, -0.2) is 9.78 Å². The first-order valence-electron chi connectivity index (χ1n) is 9.64. The van der Waals surface area contributed by atoms with Crippen LogP contribution in [0.3, 0.4) is 0 Å². The molecule has 3 rings (SSSR count). The van der Waals surface area contributed by atoms with Gasteiger partial charge in [0, 0.05) is 27.3 Å². The first-order chi connectivity index (χ1) is 14.0. The fourth-order valence-electron chi connectivity index (χ4n) is 3.27. The van der Waals surface area contributed by atoms with E-state index in [1.807, 2.05) is 0 Å². The number of carbonyl (C=O) groups excluding carboxylic acids is 1. The van der Waals surface area contributed by atoms with Crippen LogP contribution in [0.2, 0.25) is 0 Å². The van der Waals surface area contributed by atoms with Crippen molar-refractivity contribution in [3.8, 4) is 0 Å². The van der Waals surface area contributed by atoms with Gasteiger partial charge < -0.3 is 14.6 Å². The normalized spacial score (nSPS) is 19.3. The maximum absolute atomic E-state index is 12.6. The highest BCUT2D eigenvalue weighted by atomic mass is 16.5. The molecule has 0 saturated carbocycles.